The number of amides is 1. The second-order valence-electron chi connectivity index (χ2n) is 11.8. The minimum atomic E-state index is -4.10. The molecule has 0 bridgehead atoms. The number of likely N-dealkylation sites (tertiary alicyclic amines) is 1. The van der Waals surface area contributed by atoms with Crippen LogP contribution in [0.2, 0.25) is 10.0 Å². The largest absolute Gasteiger partial charge is 0.353 e. The van der Waals surface area contributed by atoms with E-state index in [0.29, 0.717) is 11.6 Å². The molecule has 1 saturated heterocycles. The fourth-order valence-electron chi connectivity index (χ4n) is 6.89. The van der Waals surface area contributed by atoms with Gasteiger partial charge in [0, 0.05) is 11.6 Å². The summed E-state index contributed by atoms with van der Waals surface area (Å²) < 4.78 is 30.0. The van der Waals surface area contributed by atoms with E-state index in [-0.39, 0.29) is 33.3 Å². The summed E-state index contributed by atoms with van der Waals surface area (Å²) >= 11 is 12.4. The SMILES string of the molecule is O=C(CC1c2ccccc2-c2ccccc2N1S(=O)(=O)c1ccc(Cl)c(Cl)c1)NC1CCC(CCN2CCCC2)CC1. The number of anilines is 1. The number of para-hydroxylation sites is 1. The van der Waals surface area contributed by atoms with Crippen LogP contribution in [0.4, 0.5) is 5.69 Å². The molecule has 3 aromatic rings. The summed E-state index contributed by atoms with van der Waals surface area (Å²) in [6.45, 7) is 3.66. The maximum Gasteiger partial charge on any atom is 0.264 e. The third-order valence-corrected chi connectivity index (χ3v) is 11.7. The van der Waals surface area contributed by atoms with Crippen LogP contribution in [0.3, 0.4) is 0 Å². The molecule has 3 aromatic carbocycles. The first-order valence-corrected chi connectivity index (χ1v) is 17.2. The molecular formula is C33H37Cl2N3O3S. The Morgan fingerprint density at radius 3 is 2.29 bits per heavy atom. The molecule has 1 N–H and O–H groups in total. The molecule has 42 heavy (non-hydrogen) atoms. The van der Waals surface area contributed by atoms with Gasteiger partial charge in [-0.15, -0.1) is 0 Å². The average molecular weight is 627 g/mol. The van der Waals surface area contributed by atoms with Gasteiger partial charge >= 0.3 is 0 Å². The van der Waals surface area contributed by atoms with E-state index in [0.717, 1.165) is 42.4 Å². The summed E-state index contributed by atoms with van der Waals surface area (Å²) in [4.78, 5) is 16.2. The summed E-state index contributed by atoms with van der Waals surface area (Å²) in [5, 5.41) is 3.70. The van der Waals surface area contributed by atoms with E-state index in [1.807, 2.05) is 42.5 Å². The van der Waals surface area contributed by atoms with E-state index in [4.69, 9.17) is 23.2 Å². The van der Waals surface area contributed by atoms with Crippen LogP contribution in [0, 0.1) is 5.92 Å². The lowest BCUT2D eigenvalue weighted by Gasteiger charge is -2.39. The molecule has 0 aromatic heterocycles. The second kappa shape index (κ2) is 12.6. The number of hydrogen-bond acceptors (Lipinski definition) is 4. The van der Waals surface area contributed by atoms with Crippen LogP contribution in [0.5, 0.6) is 0 Å². The molecule has 6 nitrogen and oxygen atoms in total. The summed E-state index contributed by atoms with van der Waals surface area (Å²) in [6.07, 6.45) is 8.06. The summed E-state index contributed by atoms with van der Waals surface area (Å²) in [5.74, 6) is 0.580. The fourth-order valence-corrected chi connectivity index (χ4v) is 8.93. The van der Waals surface area contributed by atoms with Gasteiger partial charge in [0.1, 0.15) is 0 Å². The summed E-state index contributed by atoms with van der Waals surface area (Å²) in [7, 11) is -4.10. The third kappa shape index (κ3) is 6.07. The molecule has 1 aliphatic carbocycles. The van der Waals surface area contributed by atoms with Crippen molar-refractivity contribution in [2.45, 2.75) is 68.3 Å². The maximum absolute atomic E-state index is 14.3. The Morgan fingerprint density at radius 1 is 0.857 bits per heavy atom. The Balaban J connectivity index is 1.22. The van der Waals surface area contributed by atoms with Gasteiger partial charge in [-0.1, -0.05) is 65.7 Å². The van der Waals surface area contributed by atoms with Crippen molar-refractivity contribution in [2.24, 2.45) is 5.92 Å². The maximum atomic E-state index is 14.3. The number of hydrogen-bond donors (Lipinski definition) is 1. The lowest BCUT2D eigenvalue weighted by molar-refractivity contribution is -0.122. The zero-order valence-corrected chi connectivity index (χ0v) is 26.0. The first-order valence-electron chi connectivity index (χ1n) is 15.0. The van der Waals surface area contributed by atoms with E-state index in [9.17, 15) is 13.2 Å². The van der Waals surface area contributed by atoms with E-state index in [1.165, 1.54) is 61.4 Å². The number of carbonyl (C=O) groups excluding carboxylic acids is 1. The minimum absolute atomic E-state index is 0.0147. The van der Waals surface area contributed by atoms with E-state index < -0.39 is 16.1 Å². The number of nitrogens with one attached hydrogen (secondary N) is 1. The van der Waals surface area contributed by atoms with Gasteiger partial charge in [-0.3, -0.25) is 9.10 Å². The Bertz CT molecular complexity index is 1550. The molecule has 9 heteroatoms. The molecule has 2 fully saturated rings. The first-order chi connectivity index (χ1) is 20.3. The first kappa shape index (κ1) is 29.5. The molecule has 2 aliphatic heterocycles. The second-order valence-corrected chi connectivity index (χ2v) is 14.5. The Hall–Kier alpha value is -2.58. The molecule has 1 saturated carbocycles. The van der Waals surface area contributed by atoms with Gasteiger partial charge in [0.2, 0.25) is 5.91 Å². The van der Waals surface area contributed by atoms with E-state index >= 15 is 0 Å². The number of rotatable bonds is 8. The average Bonchev–Trinajstić information content (AvgIpc) is 3.52. The lowest BCUT2D eigenvalue weighted by Crippen LogP contribution is -2.43. The highest BCUT2D eigenvalue weighted by Crippen LogP contribution is 2.48. The van der Waals surface area contributed by atoms with Gasteiger partial charge in [-0.05, 0) is 106 Å². The molecule has 222 valence electrons. The highest BCUT2D eigenvalue weighted by molar-refractivity contribution is 7.92. The Labute approximate surface area is 259 Å². The fraction of sp³-hybridized carbons (Fsp3) is 0.424. The Morgan fingerprint density at radius 2 is 1.55 bits per heavy atom. The number of nitrogens with zero attached hydrogens (tertiary/aromatic N) is 2. The van der Waals surface area contributed by atoms with Crippen molar-refractivity contribution < 1.29 is 13.2 Å². The standard InChI is InChI=1S/C33H37Cl2N3O3S/c34-29-16-15-25(21-30(29)35)42(40,41)38-31-10-4-3-8-27(31)26-7-1-2-9-28(26)32(38)22-33(39)36-24-13-11-23(12-14-24)17-20-37-18-5-6-19-37/h1-4,7-10,15-16,21,23-24,32H,5-6,11-14,17-20,22H2,(H,36,39). The predicted molar refractivity (Wildman–Crippen MR) is 170 cm³/mol. The molecule has 1 unspecified atom stereocenters. The van der Waals surface area contributed by atoms with Crippen molar-refractivity contribution in [1.82, 2.24) is 10.2 Å². The number of fused-ring (bicyclic) bond motifs is 3. The van der Waals surface area contributed by atoms with Crippen LogP contribution in [-0.4, -0.2) is 44.9 Å². The third-order valence-electron chi connectivity index (χ3n) is 9.13. The van der Waals surface area contributed by atoms with Crippen molar-refractivity contribution in [2.75, 3.05) is 23.9 Å². The van der Waals surface area contributed by atoms with Gasteiger partial charge < -0.3 is 10.2 Å². The zero-order chi connectivity index (χ0) is 29.3. The zero-order valence-electron chi connectivity index (χ0n) is 23.6. The van der Waals surface area contributed by atoms with Crippen molar-refractivity contribution in [3.05, 3.63) is 82.3 Å². The van der Waals surface area contributed by atoms with Crippen LogP contribution in [-0.2, 0) is 14.8 Å². The summed E-state index contributed by atoms with van der Waals surface area (Å²) in [5.41, 5.74) is 3.09. The minimum Gasteiger partial charge on any atom is -0.353 e. The molecule has 6 rings (SSSR count). The quantitative estimate of drug-likeness (QED) is 0.282. The predicted octanol–water partition coefficient (Wildman–Crippen LogP) is 7.46. The molecule has 3 aliphatic rings. The van der Waals surface area contributed by atoms with Gasteiger partial charge in [-0.25, -0.2) is 8.42 Å². The van der Waals surface area contributed by atoms with Crippen LogP contribution >= 0.6 is 23.2 Å². The van der Waals surface area contributed by atoms with Crippen LogP contribution in [0.15, 0.2) is 71.6 Å². The number of carbonyl (C=O) groups is 1. The monoisotopic (exact) mass is 625 g/mol. The smallest absolute Gasteiger partial charge is 0.264 e. The Kier molecular flexibility index (Phi) is 8.83. The van der Waals surface area contributed by atoms with Crippen molar-refractivity contribution in [3.63, 3.8) is 0 Å². The molecule has 2 heterocycles. The number of sulfonamides is 1. The highest BCUT2D eigenvalue weighted by atomic mass is 35.5. The van der Waals surface area contributed by atoms with E-state index in [1.54, 1.807) is 6.07 Å². The lowest BCUT2D eigenvalue weighted by atomic mass is 9.83. The van der Waals surface area contributed by atoms with Gasteiger partial charge in [0.15, 0.2) is 0 Å². The van der Waals surface area contributed by atoms with Gasteiger partial charge in [-0.2, -0.15) is 0 Å². The topological polar surface area (TPSA) is 69.7 Å². The normalized spacial score (nSPS) is 22.4. The van der Waals surface area contributed by atoms with Crippen molar-refractivity contribution >= 4 is 44.8 Å². The van der Waals surface area contributed by atoms with Gasteiger partial charge in [0.25, 0.3) is 10.0 Å². The molecule has 0 radical (unpaired) electrons. The molecule has 1 atom stereocenters. The number of halogens is 2. The van der Waals surface area contributed by atoms with Crippen molar-refractivity contribution in [3.8, 4) is 11.1 Å². The molecule has 0 spiro atoms. The van der Waals surface area contributed by atoms with Crippen LogP contribution < -0.4 is 9.62 Å². The van der Waals surface area contributed by atoms with Gasteiger partial charge in [0.05, 0.1) is 33.1 Å². The van der Waals surface area contributed by atoms with E-state index in [2.05, 4.69) is 10.2 Å². The number of benzene rings is 3. The molecular weight excluding hydrogens is 589 g/mol. The van der Waals surface area contributed by atoms with Crippen molar-refractivity contribution in [1.29, 1.82) is 0 Å². The van der Waals surface area contributed by atoms with Crippen LogP contribution in [0.25, 0.3) is 11.1 Å². The highest BCUT2D eigenvalue weighted by Gasteiger charge is 2.40. The summed E-state index contributed by atoms with van der Waals surface area (Å²) in [6, 6.07) is 18.9. The molecule has 1 amide bonds. The van der Waals surface area contributed by atoms with Crippen LogP contribution in [0.1, 0.15) is 63.0 Å².